The van der Waals surface area contributed by atoms with Crippen LogP contribution < -0.4 is 0 Å². The highest BCUT2D eigenvalue weighted by molar-refractivity contribution is 5.98. The Hall–Kier alpha value is -2.55. The predicted octanol–water partition coefficient (Wildman–Crippen LogP) is 2.96. The largest absolute Gasteiger partial charge is 0.462 e. The van der Waals surface area contributed by atoms with Crippen LogP contribution in [0.2, 0.25) is 0 Å². The maximum Gasteiger partial charge on any atom is 0.303 e. The first-order valence-corrected chi connectivity index (χ1v) is 13.0. The number of rotatable bonds is 5. The molecule has 0 amide bonds. The normalized spacial score (nSPS) is 37.2. The number of ether oxygens (including phenoxy) is 3. The van der Waals surface area contributed by atoms with Crippen LogP contribution in [0.4, 0.5) is 0 Å². The molecule has 0 saturated heterocycles. The first-order valence-electron chi connectivity index (χ1n) is 13.0. The van der Waals surface area contributed by atoms with E-state index < -0.39 is 64.8 Å². The molecule has 0 aromatic carbocycles. The molecule has 8 atom stereocenters. The second kappa shape index (κ2) is 10.3. The summed E-state index contributed by atoms with van der Waals surface area (Å²) in [7, 11) is 0. The van der Waals surface area contributed by atoms with E-state index in [1.165, 1.54) is 20.8 Å². The highest BCUT2D eigenvalue weighted by Gasteiger charge is 2.67. The van der Waals surface area contributed by atoms with Gasteiger partial charge in [-0.05, 0) is 42.2 Å². The van der Waals surface area contributed by atoms with Crippen LogP contribution in [0, 0.1) is 34.5 Å². The summed E-state index contributed by atoms with van der Waals surface area (Å²) >= 11 is 0. The van der Waals surface area contributed by atoms with E-state index in [1.807, 2.05) is 20.8 Å². The quantitative estimate of drug-likeness (QED) is 0.429. The van der Waals surface area contributed by atoms with Crippen molar-refractivity contribution in [1.82, 2.24) is 0 Å². The van der Waals surface area contributed by atoms with Gasteiger partial charge in [-0.2, -0.15) is 0 Å². The van der Waals surface area contributed by atoms with Crippen LogP contribution in [0.5, 0.6) is 0 Å². The van der Waals surface area contributed by atoms with Crippen molar-refractivity contribution < 1.29 is 43.3 Å². The number of hydrogen-bond donors (Lipinski definition) is 1. The minimum atomic E-state index is -1.48. The zero-order valence-corrected chi connectivity index (χ0v) is 23.1. The summed E-state index contributed by atoms with van der Waals surface area (Å²) in [6.45, 7) is 12.4. The van der Waals surface area contributed by atoms with E-state index in [9.17, 15) is 29.1 Å². The Morgan fingerprint density at radius 2 is 1.51 bits per heavy atom. The summed E-state index contributed by atoms with van der Waals surface area (Å²) in [5.41, 5.74) is -1.49. The van der Waals surface area contributed by atoms with Gasteiger partial charge in [0.15, 0.2) is 18.0 Å². The topological polar surface area (TPSA) is 133 Å². The molecule has 0 radical (unpaired) electrons. The number of hydrogen-bond acceptors (Lipinski definition) is 9. The number of allylic oxidation sites excluding steroid dienone is 1. The number of ketones is 2. The van der Waals surface area contributed by atoms with Gasteiger partial charge in [0.1, 0.15) is 11.9 Å². The number of aliphatic hydroxyl groups excluding tert-OH is 1. The van der Waals surface area contributed by atoms with Crippen LogP contribution in [0.25, 0.3) is 0 Å². The van der Waals surface area contributed by atoms with Gasteiger partial charge in [-0.1, -0.05) is 27.2 Å². The SMILES string of the molecule is CC[C@@H]1CC(=O)[C@]2(C)[C@@H]([C@H]1CO)[C@H](OC(C)=O)[C@@H]1CC(=O)C(C)=C([C@@H](OC(C)=O)[C@@H]2OC(C)=O)C1(C)C. The molecule has 0 aromatic rings. The van der Waals surface area contributed by atoms with Gasteiger partial charge in [0.25, 0.3) is 0 Å². The van der Waals surface area contributed by atoms with Gasteiger partial charge in [-0.3, -0.25) is 24.0 Å². The smallest absolute Gasteiger partial charge is 0.303 e. The van der Waals surface area contributed by atoms with Crippen molar-refractivity contribution in [2.45, 2.75) is 93.0 Å². The van der Waals surface area contributed by atoms with E-state index in [0.29, 0.717) is 17.6 Å². The maximum absolute atomic E-state index is 14.1. The fourth-order valence-electron chi connectivity index (χ4n) is 7.45. The molecule has 206 valence electrons. The van der Waals surface area contributed by atoms with E-state index >= 15 is 0 Å². The van der Waals surface area contributed by atoms with E-state index in [4.69, 9.17) is 14.2 Å². The third-order valence-corrected chi connectivity index (χ3v) is 9.18. The Bertz CT molecular complexity index is 1020. The fraction of sp³-hybridized carbons (Fsp3) is 0.750. The van der Waals surface area contributed by atoms with Gasteiger partial charge in [0.05, 0.1) is 5.41 Å². The van der Waals surface area contributed by atoms with Crippen molar-refractivity contribution in [2.75, 3.05) is 6.61 Å². The van der Waals surface area contributed by atoms with Crippen LogP contribution in [0.3, 0.4) is 0 Å². The molecule has 0 spiro atoms. The molecule has 9 heteroatoms. The van der Waals surface area contributed by atoms with Crippen molar-refractivity contribution in [3.63, 3.8) is 0 Å². The lowest BCUT2D eigenvalue weighted by atomic mass is 9.46. The molecule has 0 unspecified atom stereocenters. The summed E-state index contributed by atoms with van der Waals surface area (Å²) < 4.78 is 17.7. The lowest BCUT2D eigenvalue weighted by molar-refractivity contribution is -0.216. The van der Waals surface area contributed by atoms with Crippen molar-refractivity contribution in [3.8, 4) is 0 Å². The third-order valence-electron chi connectivity index (χ3n) is 9.18. The Labute approximate surface area is 218 Å². The monoisotopic (exact) mass is 520 g/mol. The summed E-state index contributed by atoms with van der Waals surface area (Å²) in [4.78, 5) is 64.8. The zero-order valence-electron chi connectivity index (χ0n) is 23.1. The molecular formula is C28H40O9. The molecule has 2 fully saturated rings. The lowest BCUT2D eigenvalue weighted by Crippen LogP contribution is -2.68. The van der Waals surface area contributed by atoms with E-state index in [0.717, 1.165) is 0 Å². The van der Waals surface area contributed by atoms with Crippen LogP contribution >= 0.6 is 0 Å². The molecular weight excluding hydrogens is 480 g/mol. The van der Waals surface area contributed by atoms with E-state index in [1.54, 1.807) is 13.8 Å². The average Bonchev–Trinajstić information content (AvgIpc) is 2.78. The lowest BCUT2D eigenvalue weighted by Gasteiger charge is -2.60. The van der Waals surface area contributed by atoms with Crippen molar-refractivity contribution in [3.05, 3.63) is 11.1 Å². The first-order chi connectivity index (χ1) is 17.1. The Kier molecular flexibility index (Phi) is 8.08. The molecule has 2 saturated carbocycles. The number of esters is 3. The third kappa shape index (κ3) is 4.75. The molecule has 2 bridgehead atoms. The molecule has 0 heterocycles. The number of Topliss-reactive ketones (excluding diaryl/α,β-unsaturated/α-hetero) is 2. The van der Waals surface area contributed by atoms with Crippen molar-refractivity contribution in [2.24, 2.45) is 34.5 Å². The second-order valence-corrected chi connectivity index (χ2v) is 11.6. The van der Waals surface area contributed by atoms with E-state index in [-0.39, 0.29) is 36.9 Å². The molecule has 3 aliphatic rings. The molecule has 3 aliphatic carbocycles. The maximum atomic E-state index is 14.1. The van der Waals surface area contributed by atoms with Gasteiger partial charge >= 0.3 is 17.9 Å². The van der Waals surface area contributed by atoms with Gasteiger partial charge in [0.2, 0.25) is 0 Å². The molecule has 9 nitrogen and oxygen atoms in total. The minimum Gasteiger partial charge on any atom is -0.462 e. The van der Waals surface area contributed by atoms with Crippen LogP contribution in [-0.2, 0) is 38.2 Å². The summed E-state index contributed by atoms with van der Waals surface area (Å²) in [6, 6.07) is 0. The molecule has 1 N–H and O–H groups in total. The predicted molar refractivity (Wildman–Crippen MR) is 132 cm³/mol. The van der Waals surface area contributed by atoms with Crippen molar-refractivity contribution in [1.29, 1.82) is 0 Å². The van der Waals surface area contributed by atoms with Gasteiger partial charge in [-0.15, -0.1) is 0 Å². The standard InChI is InChI=1S/C28H40O9/c1-9-17-10-21(34)28(8)23(18(17)12-29)24(35-14(3)30)19-11-20(33)13(2)22(27(19,6)7)25(36-15(4)31)26(28)37-16(5)32/h17-19,23-26,29H,9-12H2,1-8H3/t17-,18+,19+,23+,24-,25-,26+,28-/m1/s1. The molecule has 0 aromatic heterocycles. The Morgan fingerprint density at radius 1 is 0.946 bits per heavy atom. The van der Waals surface area contributed by atoms with Crippen LogP contribution in [-0.4, -0.2) is 59.5 Å². The number of fused-ring (bicyclic) bond motifs is 3. The Balaban J connectivity index is 2.48. The van der Waals surface area contributed by atoms with Gasteiger partial charge in [-0.25, -0.2) is 0 Å². The number of carbonyl (C=O) groups excluding carboxylic acids is 5. The number of carbonyl (C=O) groups is 5. The summed E-state index contributed by atoms with van der Waals surface area (Å²) in [5.74, 6) is -4.42. The molecule has 37 heavy (non-hydrogen) atoms. The van der Waals surface area contributed by atoms with Crippen LogP contribution in [0.1, 0.15) is 74.7 Å². The summed E-state index contributed by atoms with van der Waals surface area (Å²) in [5, 5.41) is 10.7. The second-order valence-electron chi connectivity index (χ2n) is 11.6. The zero-order chi connectivity index (χ0) is 28.0. The van der Waals surface area contributed by atoms with Gasteiger partial charge in [0, 0.05) is 52.1 Å². The molecule has 0 aliphatic heterocycles. The van der Waals surface area contributed by atoms with Crippen molar-refractivity contribution >= 4 is 29.5 Å². The summed E-state index contributed by atoms with van der Waals surface area (Å²) in [6.07, 6.45) is -2.67. The van der Waals surface area contributed by atoms with Gasteiger partial charge < -0.3 is 19.3 Å². The average molecular weight is 521 g/mol. The van der Waals surface area contributed by atoms with Crippen LogP contribution in [0.15, 0.2) is 11.1 Å². The molecule has 3 rings (SSSR count). The number of aliphatic hydroxyl groups is 1. The Morgan fingerprint density at radius 3 is 2.00 bits per heavy atom. The highest BCUT2D eigenvalue weighted by Crippen LogP contribution is 2.60. The minimum absolute atomic E-state index is 0.0566. The first kappa shape index (κ1) is 29.0. The highest BCUT2D eigenvalue weighted by atomic mass is 16.6. The van der Waals surface area contributed by atoms with E-state index in [2.05, 4.69) is 0 Å². The fourth-order valence-corrected chi connectivity index (χ4v) is 7.45.